The summed E-state index contributed by atoms with van der Waals surface area (Å²) in [6.07, 6.45) is -4.33. The maximum Gasteiger partial charge on any atom is 0.493 e. The SMILES string of the molecule is O=C(c1ccc2ccccc2c1)N(CCN1CCC2(CC1)C(=O)NC[C@H]2c1ccc(F)cc1)OC(=O)C(F)(F)F. The largest absolute Gasteiger partial charge is 0.493 e. The summed E-state index contributed by atoms with van der Waals surface area (Å²) in [4.78, 5) is 44.2. The zero-order chi connectivity index (χ0) is 28.5. The Bertz CT molecular complexity index is 1420. The molecule has 7 nitrogen and oxygen atoms in total. The normalized spacial score (nSPS) is 19.0. The Morgan fingerprint density at radius 2 is 1.68 bits per heavy atom. The average molecular weight is 558 g/mol. The van der Waals surface area contributed by atoms with Crippen LogP contribution in [0, 0.1) is 11.2 Å². The first kappa shape index (κ1) is 27.6. The molecular formula is C29H27F4N3O4. The van der Waals surface area contributed by atoms with Crippen LogP contribution in [0.1, 0.15) is 34.7 Å². The summed E-state index contributed by atoms with van der Waals surface area (Å²) in [6, 6.07) is 17.9. The number of likely N-dealkylation sites (tertiary alicyclic amines) is 1. The van der Waals surface area contributed by atoms with Crippen LogP contribution in [0.15, 0.2) is 66.7 Å². The maximum atomic E-state index is 13.5. The number of carbonyl (C=O) groups excluding carboxylic acids is 3. The lowest BCUT2D eigenvalue weighted by Gasteiger charge is -2.41. The summed E-state index contributed by atoms with van der Waals surface area (Å²) in [5.41, 5.74) is 0.257. The first-order valence-electron chi connectivity index (χ1n) is 12.9. The number of hydrogen-bond acceptors (Lipinski definition) is 5. The van der Waals surface area contributed by atoms with E-state index in [-0.39, 0.29) is 36.3 Å². The number of amides is 2. The van der Waals surface area contributed by atoms with E-state index in [1.165, 1.54) is 24.3 Å². The summed E-state index contributed by atoms with van der Waals surface area (Å²) in [5.74, 6) is -3.93. The number of rotatable bonds is 5. The molecule has 2 heterocycles. The Labute approximate surface area is 227 Å². The van der Waals surface area contributed by atoms with E-state index in [1.807, 2.05) is 17.0 Å². The van der Waals surface area contributed by atoms with Crippen LogP contribution >= 0.6 is 0 Å². The van der Waals surface area contributed by atoms with Gasteiger partial charge in [0.2, 0.25) is 5.91 Å². The molecule has 3 aromatic carbocycles. The summed E-state index contributed by atoms with van der Waals surface area (Å²) in [6.45, 7) is 1.15. The number of nitrogens with one attached hydrogen (secondary N) is 1. The molecule has 0 aromatic heterocycles. The molecule has 2 fully saturated rings. The number of nitrogens with zero attached hydrogens (tertiary/aromatic N) is 2. The molecule has 11 heteroatoms. The van der Waals surface area contributed by atoms with Gasteiger partial charge in [-0.15, -0.1) is 0 Å². The fourth-order valence-corrected chi connectivity index (χ4v) is 5.65. The Morgan fingerprint density at radius 3 is 2.35 bits per heavy atom. The van der Waals surface area contributed by atoms with Gasteiger partial charge in [-0.05, 0) is 66.5 Å². The van der Waals surface area contributed by atoms with Gasteiger partial charge >= 0.3 is 12.1 Å². The second kappa shape index (κ2) is 10.9. The highest BCUT2D eigenvalue weighted by atomic mass is 19.4. The van der Waals surface area contributed by atoms with Gasteiger partial charge in [-0.1, -0.05) is 42.5 Å². The molecule has 1 atom stereocenters. The van der Waals surface area contributed by atoms with Crippen LogP contribution in [0.3, 0.4) is 0 Å². The molecule has 210 valence electrons. The average Bonchev–Trinajstić information content (AvgIpc) is 3.25. The van der Waals surface area contributed by atoms with Crippen molar-refractivity contribution in [1.29, 1.82) is 0 Å². The van der Waals surface area contributed by atoms with Gasteiger partial charge in [-0.3, -0.25) is 9.59 Å². The third-order valence-corrected chi connectivity index (χ3v) is 7.87. The third-order valence-electron chi connectivity index (χ3n) is 7.87. The van der Waals surface area contributed by atoms with Crippen LogP contribution in [0.5, 0.6) is 0 Å². The fraction of sp³-hybridized carbons (Fsp3) is 0.345. The van der Waals surface area contributed by atoms with E-state index in [0.717, 1.165) is 10.9 Å². The molecule has 1 N–H and O–H groups in total. The van der Waals surface area contributed by atoms with Crippen molar-refractivity contribution in [2.24, 2.45) is 5.41 Å². The van der Waals surface area contributed by atoms with Gasteiger partial charge in [0.25, 0.3) is 5.91 Å². The highest BCUT2D eigenvalue weighted by Gasteiger charge is 2.52. The van der Waals surface area contributed by atoms with Gasteiger partial charge in [-0.2, -0.15) is 18.2 Å². The standard InChI is InChI=1S/C29H27F4N3O4/c30-23-9-7-20(8-10-23)24-18-34-26(38)28(24)11-13-35(14-12-28)15-16-36(40-27(39)29(31,32)33)25(37)22-6-5-19-3-1-2-4-21(19)17-22/h1-10,17,24H,11-16,18H2,(H,34,38)/t24-/m0/s1. The van der Waals surface area contributed by atoms with Crippen molar-refractivity contribution in [3.63, 3.8) is 0 Å². The van der Waals surface area contributed by atoms with Crippen LogP contribution in [0.25, 0.3) is 10.8 Å². The predicted molar refractivity (Wildman–Crippen MR) is 137 cm³/mol. The van der Waals surface area contributed by atoms with E-state index in [0.29, 0.717) is 42.9 Å². The molecule has 2 aliphatic heterocycles. The number of hydroxylamine groups is 2. The lowest BCUT2D eigenvalue weighted by molar-refractivity contribution is -0.228. The monoisotopic (exact) mass is 557 g/mol. The van der Waals surface area contributed by atoms with Crippen molar-refractivity contribution in [2.45, 2.75) is 24.9 Å². The maximum absolute atomic E-state index is 13.5. The Hall–Kier alpha value is -3.99. The molecule has 0 bridgehead atoms. The van der Waals surface area contributed by atoms with Gasteiger partial charge in [0.05, 0.1) is 12.0 Å². The first-order chi connectivity index (χ1) is 19.1. The topological polar surface area (TPSA) is 79.0 Å². The molecule has 0 unspecified atom stereocenters. The van der Waals surface area contributed by atoms with E-state index in [4.69, 9.17) is 0 Å². The number of halogens is 4. The first-order valence-corrected chi connectivity index (χ1v) is 12.9. The van der Waals surface area contributed by atoms with Crippen molar-refractivity contribution in [2.75, 3.05) is 32.7 Å². The van der Waals surface area contributed by atoms with E-state index in [9.17, 15) is 31.9 Å². The lowest BCUT2D eigenvalue weighted by Crippen LogP contribution is -2.48. The molecule has 3 aromatic rings. The minimum absolute atomic E-state index is 0.0753. The minimum atomic E-state index is -5.27. The number of benzene rings is 3. The Kier molecular flexibility index (Phi) is 7.50. The second-order valence-corrected chi connectivity index (χ2v) is 10.2. The van der Waals surface area contributed by atoms with Crippen LogP contribution in [-0.4, -0.2) is 66.6 Å². The van der Waals surface area contributed by atoms with Crippen molar-refractivity contribution in [3.8, 4) is 0 Å². The predicted octanol–water partition coefficient (Wildman–Crippen LogP) is 4.44. The zero-order valence-corrected chi connectivity index (χ0v) is 21.4. The summed E-state index contributed by atoms with van der Waals surface area (Å²) in [7, 11) is 0. The zero-order valence-electron chi connectivity index (χ0n) is 21.4. The fourth-order valence-electron chi connectivity index (χ4n) is 5.65. The summed E-state index contributed by atoms with van der Waals surface area (Å²) in [5, 5.41) is 4.93. The number of alkyl halides is 3. The number of carbonyl (C=O) groups is 3. The van der Waals surface area contributed by atoms with Gasteiger partial charge in [0.15, 0.2) is 0 Å². The lowest BCUT2D eigenvalue weighted by atomic mass is 9.68. The van der Waals surface area contributed by atoms with Crippen molar-refractivity contribution in [1.82, 2.24) is 15.3 Å². The molecule has 2 saturated heterocycles. The summed E-state index contributed by atoms with van der Waals surface area (Å²) < 4.78 is 52.5. The molecule has 5 rings (SSSR count). The quantitative estimate of drug-likeness (QED) is 0.371. The van der Waals surface area contributed by atoms with Crippen LogP contribution in [0.2, 0.25) is 0 Å². The molecule has 0 aliphatic carbocycles. The van der Waals surface area contributed by atoms with E-state index >= 15 is 0 Å². The van der Waals surface area contributed by atoms with Crippen molar-refractivity contribution >= 4 is 28.6 Å². The highest BCUT2D eigenvalue weighted by molar-refractivity contribution is 5.98. The second-order valence-electron chi connectivity index (χ2n) is 10.2. The number of hydrogen-bond donors (Lipinski definition) is 1. The third kappa shape index (κ3) is 5.51. The van der Waals surface area contributed by atoms with E-state index in [1.54, 1.807) is 30.3 Å². The van der Waals surface area contributed by atoms with E-state index in [2.05, 4.69) is 10.2 Å². The molecule has 40 heavy (non-hydrogen) atoms. The highest BCUT2D eigenvalue weighted by Crippen LogP contribution is 2.47. The van der Waals surface area contributed by atoms with Crippen molar-refractivity contribution < 1.29 is 36.8 Å². The van der Waals surface area contributed by atoms with Gasteiger partial charge in [0, 0.05) is 24.6 Å². The van der Waals surface area contributed by atoms with Gasteiger partial charge < -0.3 is 15.1 Å². The van der Waals surface area contributed by atoms with Crippen LogP contribution in [-0.2, 0) is 14.4 Å². The molecular weight excluding hydrogens is 530 g/mol. The van der Waals surface area contributed by atoms with Crippen LogP contribution < -0.4 is 5.32 Å². The van der Waals surface area contributed by atoms with E-state index < -0.39 is 23.5 Å². The smallest absolute Gasteiger partial charge is 0.355 e. The van der Waals surface area contributed by atoms with Gasteiger partial charge in [-0.25, -0.2) is 9.18 Å². The van der Waals surface area contributed by atoms with Crippen LogP contribution in [0.4, 0.5) is 17.6 Å². The Morgan fingerprint density at radius 1 is 1.00 bits per heavy atom. The minimum Gasteiger partial charge on any atom is -0.355 e. The molecule has 0 radical (unpaired) electrons. The molecule has 2 amide bonds. The Balaban J connectivity index is 1.28. The summed E-state index contributed by atoms with van der Waals surface area (Å²) >= 11 is 0. The van der Waals surface area contributed by atoms with Gasteiger partial charge in [0.1, 0.15) is 5.82 Å². The van der Waals surface area contributed by atoms with Crippen molar-refractivity contribution in [3.05, 3.63) is 83.7 Å². The molecule has 2 aliphatic rings. The molecule has 0 saturated carbocycles. The number of fused-ring (bicyclic) bond motifs is 1. The number of piperidine rings is 1. The molecule has 1 spiro atoms.